The summed E-state index contributed by atoms with van der Waals surface area (Å²) in [6, 6.07) is 2.27. The first-order valence-electron chi connectivity index (χ1n) is 6.04. The van der Waals surface area contributed by atoms with Gasteiger partial charge in [0.1, 0.15) is 0 Å². The Kier molecular flexibility index (Phi) is 9.35. The van der Waals surface area contributed by atoms with Crippen LogP contribution in [0.25, 0.3) is 0 Å². The van der Waals surface area contributed by atoms with E-state index in [4.69, 9.17) is 6.42 Å². The Morgan fingerprint density at radius 3 is 2.68 bits per heavy atom. The smallest absolute Gasteiger partial charge is 0.0298 e. The van der Waals surface area contributed by atoms with Gasteiger partial charge in [0.15, 0.2) is 0 Å². The van der Waals surface area contributed by atoms with E-state index in [1.165, 1.54) is 0 Å². The number of nitrogens with zero attached hydrogens (tertiary/aromatic N) is 1. The van der Waals surface area contributed by atoms with E-state index in [1.54, 1.807) is 18.0 Å². The average molecular weight is 271 g/mol. The lowest BCUT2D eigenvalue weighted by atomic mass is 9.92. The Bertz CT molecular complexity index is 492. The minimum Gasteiger partial charge on any atom is -0.210 e. The van der Waals surface area contributed by atoms with Gasteiger partial charge in [-0.3, -0.25) is 0 Å². The summed E-state index contributed by atoms with van der Waals surface area (Å²) in [5, 5.41) is 1.92. The molecule has 0 rings (SSSR count). The number of hydrogen-bond donors (Lipinski definition) is 0. The molecule has 0 radical (unpaired) electrons. The maximum atomic E-state index is 5.15. The van der Waals surface area contributed by atoms with Crippen molar-refractivity contribution in [1.29, 1.82) is 0 Å². The topological polar surface area (TPSA) is 12.4 Å². The van der Waals surface area contributed by atoms with Crippen LogP contribution in [-0.2, 0) is 0 Å². The molecule has 0 aromatic rings. The molecule has 2 heteroatoms. The van der Waals surface area contributed by atoms with Crippen LogP contribution in [0, 0.1) is 18.4 Å². The van der Waals surface area contributed by atoms with Gasteiger partial charge in [-0.25, -0.2) is 4.99 Å². The Hall–Kier alpha value is -1.68. The van der Waals surface area contributed by atoms with E-state index in [0.29, 0.717) is 0 Å². The van der Waals surface area contributed by atoms with Gasteiger partial charge in [0.2, 0.25) is 0 Å². The fraction of sp³-hybridized carbons (Fsp3) is 0.294. The molecule has 0 fully saturated rings. The zero-order valence-electron chi connectivity index (χ0n) is 12.1. The molecule has 0 saturated carbocycles. The van der Waals surface area contributed by atoms with Crippen molar-refractivity contribution in [2.45, 2.75) is 20.8 Å². The molecule has 1 atom stereocenters. The molecule has 0 aliphatic heterocycles. The van der Waals surface area contributed by atoms with Crippen molar-refractivity contribution >= 4 is 18.0 Å². The Morgan fingerprint density at radius 2 is 2.16 bits per heavy atom. The van der Waals surface area contributed by atoms with E-state index in [-0.39, 0.29) is 5.92 Å². The Balaban J connectivity index is 5.41. The molecular formula is C17H21NS. The van der Waals surface area contributed by atoms with E-state index in [9.17, 15) is 0 Å². The van der Waals surface area contributed by atoms with Gasteiger partial charge in [0.05, 0.1) is 0 Å². The van der Waals surface area contributed by atoms with Crippen LogP contribution in [0.4, 0.5) is 0 Å². The SMILES string of the molecule is C#C/N=C/C(C)C(=C=CSC)C(=C)/C(C)=C\C=C/C. The number of terminal acetylenes is 1. The lowest BCUT2D eigenvalue weighted by Gasteiger charge is -2.12. The van der Waals surface area contributed by atoms with Crippen molar-refractivity contribution in [3.63, 3.8) is 0 Å². The maximum Gasteiger partial charge on any atom is 0.0298 e. The third kappa shape index (κ3) is 6.72. The Labute approximate surface area is 121 Å². The average Bonchev–Trinajstić information content (AvgIpc) is 2.42. The van der Waals surface area contributed by atoms with Gasteiger partial charge in [-0.15, -0.1) is 17.5 Å². The van der Waals surface area contributed by atoms with Gasteiger partial charge in [-0.2, -0.15) is 0 Å². The summed E-state index contributed by atoms with van der Waals surface area (Å²) in [5.74, 6) is 0.0842. The summed E-state index contributed by atoms with van der Waals surface area (Å²) in [6.45, 7) is 10.2. The number of thioether (sulfide) groups is 1. The summed E-state index contributed by atoms with van der Waals surface area (Å²) in [5.41, 5.74) is 6.34. The monoisotopic (exact) mass is 271 g/mol. The van der Waals surface area contributed by atoms with Gasteiger partial charge in [0, 0.05) is 29.2 Å². The van der Waals surface area contributed by atoms with Crippen molar-refractivity contribution in [2.75, 3.05) is 6.26 Å². The summed E-state index contributed by atoms with van der Waals surface area (Å²) in [4.78, 5) is 3.85. The van der Waals surface area contributed by atoms with Crippen molar-refractivity contribution in [3.8, 4) is 12.5 Å². The van der Waals surface area contributed by atoms with Gasteiger partial charge in [-0.05, 0) is 31.2 Å². The lowest BCUT2D eigenvalue weighted by Crippen LogP contribution is -2.03. The highest BCUT2D eigenvalue weighted by Gasteiger charge is 2.10. The van der Waals surface area contributed by atoms with Gasteiger partial charge in [0.25, 0.3) is 0 Å². The first-order chi connectivity index (χ1) is 9.08. The fourth-order valence-electron chi connectivity index (χ4n) is 1.40. The van der Waals surface area contributed by atoms with Crippen molar-refractivity contribution in [2.24, 2.45) is 10.9 Å². The molecule has 0 spiro atoms. The van der Waals surface area contributed by atoms with E-state index in [1.807, 2.05) is 50.7 Å². The highest BCUT2D eigenvalue weighted by atomic mass is 32.2. The van der Waals surface area contributed by atoms with Crippen molar-refractivity contribution in [1.82, 2.24) is 0 Å². The van der Waals surface area contributed by atoms with Crippen LogP contribution in [0.2, 0.25) is 0 Å². The predicted octanol–water partition coefficient (Wildman–Crippen LogP) is 4.76. The highest BCUT2D eigenvalue weighted by Crippen LogP contribution is 2.23. The molecule has 0 aromatic carbocycles. The molecule has 0 aliphatic rings. The Morgan fingerprint density at radius 1 is 1.47 bits per heavy atom. The normalized spacial score (nSPS) is 13.1. The van der Waals surface area contributed by atoms with E-state index in [0.717, 1.165) is 16.7 Å². The number of hydrogen-bond acceptors (Lipinski definition) is 2. The van der Waals surface area contributed by atoms with Gasteiger partial charge >= 0.3 is 0 Å². The predicted molar refractivity (Wildman–Crippen MR) is 89.3 cm³/mol. The third-order valence-corrected chi connectivity index (χ3v) is 2.85. The minimum absolute atomic E-state index is 0.0842. The third-order valence-electron chi connectivity index (χ3n) is 2.50. The second kappa shape index (κ2) is 10.3. The quantitative estimate of drug-likeness (QED) is 0.293. The number of aliphatic imine (C=N–C) groups is 1. The van der Waals surface area contributed by atoms with Gasteiger partial charge in [-0.1, -0.05) is 38.2 Å². The molecule has 0 N–H and O–H groups in total. The summed E-state index contributed by atoms with van der Waals surface area (Å²) >= 11 is 1.60. The molecule has 0 amide bonds. The first kappa shape index (κ1) is 17.3. The zero-order chi connectivity index (χ0) is 14.7. The van der Waals surface area contributed by atoms with Crippen molar-refractivity contribution < 1.29 is 0 Å². The molecule has 19 heavy (non-hydrogen) atoms. The largest absolute Gasteiger partial charge is 0.210 e. The van der Waals surface area contributed by atoms with Crippen LogP contribution >= 0.6 is 11.8 Å². The molecule has 100 valence electrons. The fourth-order valence-corrected chi connectivity index (χ4v) is 1.64. The molecule has 1 unspecified atom stereocenters. The van der Waals surface area contributed by atoms with Crippen LogP contribution < -0.4 is 0 Å². The zero-order valence-corrected chi connectivity index (χ0v) is 12.9. The molecule has 0 heterocycles. The molecular weight excluding hydrogens is 250 g/mol. The summed E-state index contributed by atoms with van der Waals surface area (Å²) < 4.78 is 0. The molecule has 0 saturated heterocycles. The highest BCUT2D eigenvalue weighted by molar-refractivity contribution is 8.01. The van der Waals surface area contributed by atoms with Gasteiger partial charge < -0.3 is 0 Å². The molecule has 0 aromatic heterocycles. The molecule has 1 nitrogen and oxygen atoms in total. The second-order valence-corrected chi connectivity index (χ2v) is 4.67. The molecule has 0 bridgehead atoms. The number of allylic oxidation sites excluding steroid dienone is 6. The van der Waals surface area contributed by atoms with Crippen LogP contribution in [-0.4, -0.2) is 12.5 Å². The maximum absolute atomic E-state index is 5.15. The van der Waals surface area contributed by atoms with Crippen LogP contribution in [0.15, 0.2) is 57.7 Å². The summed E-state index contributed by atoms with van der Waals surface area (Å²) in [7, 11) is 0. The lowest BCUT2D eigenvalue weighted by molar-refractivity contribution is 0.952. The number of rotatable bonds is 6. The van der Waals surface area contributed by atoms with E-state index < -0.39 is 0 Å². The van der Waals surface area contributed by atoms with E-state index in [2.05, 4.69) is 23.3 Å². The standard InChI is InChI=1S/C17H21NS/c1-7-9-10-14(3)16(5)17(11-12-19-6)15(4)13-18-8-2/h2,7,9-10,12-13,15H,5H2,1,3-4,6H3/b9-7-,14-10-,18-13+. The van der Waals surface area contributed by atoms with Crippen LogP contribution in [0.1, 0.15) is 20.8 Å². The summed E-state index contributed by atoms with van der Waals surface area (Å²) in [6.07, 6.45) is 14.9. The van der Waals surface area contributed by atoms with Crippen molar-refractivity contribution in [3.05, 3.63) is 52.7 Å². The second-order valence-electron chi connectivity index (χ2n) is 3.96. The minimum atomic E-state index is 0.0842. The molecule has 0 aliphatic carbocycles. The van der Waals surface area contributed by atoms with Crippen LogP contribution in [0.5, 0.6) is 0 Å². The van der Waals surface area contributed by atoms with Crippen LogP contribution in [0.3, 0.4) is 0 Å². The van der Waals surface area contributed by atoms with E-state index >= 15 is 0 Å². The first-order valence-corrected chi connectivity index (χ1v) is 7.33.